The van der Waals surface area contributed by atoms with E-state index in [2.05, 4.69) is 10.3 Å². The molecule has 2 N–H and O–H groups in total. The summed E-state index contributed by atoms with van der Waals surface area (Å²) < 4.78 is 0. The van der Waals surface area contributed by atoms with Gasteiger partial charge >= 0.3 is 0 Å². The summed E-state index contributed by atoms with van der Waals surface area (Å²) in [6.45, 7) is 0. The molecule has 0 aromatic carbocycles. The van der Waals surface area contributed by atoms with Gasteiger partial charge < -0.3 is 10.7 Å². The van der Waals surface area contributed by atoms with Gasteiger partial charge in [-0.2, -0.15) is 0 Å². The van der Waals surface area contributed by atoms with Gasteiger partial charge in [-0.3, -0.25) is 4.79 Å². The maximum Gasteiger partial charge on any atom is 0.257 e. The Bertz CT molecular complexity index is 304. The normalized spacial score (nSPS) is 18.4. The fourth-order valence-electron chi connectivity index (χ4n) is 0.690. The Hall–Kier alpha value is -1.42. The summed E-state index contributed by atoms with van der Waals surface area (Å²) in [6.07, 6.45) is 5.65. The van der Waals surface area contributed by atoms with Crippen LogP contribution in [0.3, 0.4) is 0 Å². The van der Waals surface area contributed by atoms with Crippen LogP contribution in [0.15, 0.2) is 28.7 Å². The van der Waals surface area contributed by atoms with Gasteiger partial charge in [-0.15, -0.1) is 0 Å². The predicted molar refractivity (Wildman–Crippen MR) is 47.4 cm³/mol. The van der Waals surface area contributed by atoms with Crippen LogP contribution in [0.4, 0.5) is 0 Å². The van der Waals surface area contributed by atoms with Gasteiger partial charge in [0, 0.05) is 18.6 Å². The van der Waals surface area contributed by atoms with E-state index in [4.69, 9.17) is 17.0 Å². The van der Waals surface area contributed by atoms with Crippen molar-refractivity contribution in [2.75, 3.05) is 0 Å². The van der Waals surface area contributed by atoms with Crippen molar-refractivity contribution in [3.8, 4) is 0 Å². The lowest BCUT2D eigenvalue weighted by atomic mass is 10.3. The van der Waals surface area contributed by atoms with Crippen LogP contribution < -0.4 is 5.32 Å². The molecule has 0 atom stereocenters. The number of hydrogen-bond donors (Lipinski definition) is 2. The molecule has 0 saturated carbocycles. The average Bonchev–Trinajstić information content (AvgIpc) is 2.07. The van der Waals surface area contributed by atoms with Crippen LogP contribution in [0.2, 0.25) is 0 Å². The minimum atomic E-state index is -0.694. The van der Waals surface area contributed by atoms with E-state index in [-0.39, 0.29) is 5.57 Å². The molecule has 0 fully saturated rings. The van der Waals surface area contributed by atoms with Crippen molar-refractivity contribution < 1.29 is 4.79 Å². The van der Waals surface area contributed by atoms with E-state index >= 15 is 0 Å². The number of nitrogens with one attached hydrogen (secondary N) is 2. The topological polar surface area (TPSA) is 65.3 Å². The molecule has 4 nitrogen and oxygen atoms in total. The second-order valence-corrected chi connectivity index (χ2v) is 2.31. The van der Waals surface area contributed by atoms with Gasteiger partial charge in [-0.05, 0) is 17.7 Å². The zero-order chi connectivity index (χ0) is 8.97. The minimum absolute atomic E-state index is 0.0530. The van der Waals surface area contributed by atoms with Crippen LogP contribution in [0.1, 0.15) is 0 Å². The Morgan fingerprint density at radius 3 is 2.92 bits per heavy atom. The second-order valence-electron chi connectivity index (χ2n) is 1.96. The smallest absolute Gasteiger partial charge is 0.257 e. The summed E-state index contributed by atoms with van der Waals surface area (Å²) >= 11 is 5.19. The molecule has 1 rings (SSSR count). The van der Waals surface area contributed by atoms with E-state index < -0.39 is 5.24 Å². The van der Waals surface area contributed by atoms with Crippen molar-refractivity contribution in [2.45, 2.75) is 0 Å². The molecule has 0 aromatic rings. The fourth-order valence-corrected chi connectivity index (χ4v) is 0.834. The highest BCUT2D eigenvalue weighted by molar-refractivity contribution is 6.70. The van der Waals surface area contributed by atoms with E-state index in [1.165, 1.54) is 6.21 Å². The molecule has 0 aliphatic carbocycles. The molecule has 5 heteroatoms. The first-order valence-corrected chi connectivity index (χ1v) is 3.54. The average molecular weight is 184 g/mol. The first-order chi connectivity index (χ1) is 5.75. The quantitative estimate of drug-likeness (QED) is 0.378. The van der Waals surface area contributed by atoms with Gasteiger partial charge in [0.25, 0.3) is 5.24 Å². The molecule has 0 radical (unpaired) electrons. The number of carbonyl (C=O) groups excluding carboxylic acids is 1. The molecule has 0 aromatic heterocycles. The van der Waals surface area contributed by atoms with E-state index in [0.717, 1.165) is 6.21 Å². The highest BCUT2D eigenvalue weighted by atomic mass is 35.5. The lowest BCUT2D eigenvalue weighted by Crippen LogP contribution is -2.13. The SMILES string of the molecule is N=C/C(C(=O)Cl)=C1/N=CC=CN1. The first-order valence-electron chi connectivity index (χ1n) is 3.16. The Kier molecular flexibility index (Phi) is 2.76. The predicted octanol–water partition coefficient (Wildman–Crippen LogP) is 0.801. The van der Waals surface area contributed by atoms with Crippen molar-refractivity contribution in [1.29, 1.82) is 5.41 Å². The third kappa shape index (κ3) is 1.79. The Labute approximate surface area is 74.1 Å². The van der Waals surface area contributed by atoms with E-state index in [9.17, 15) is 4.79 Å². The molecule has 62 valence electrons. The molecule has 1 heterocycles. The van der Waals surface area contributed by atoms with Crippen molar-refractivity contribution in [3.63, 3.8) is 0 Å². The van der Waals surface area contributed by atoms with E-state index in [0.29, 0.717) is 5.82 Å². The summed E-state index contributed by atoms with van der Waals surface area (Å²) in [5.74, 6) is 0.299. The molecule has 0 unspecified atom stereocenters. The number of carbonyl (C=O) groups is 1. The second kappa shape index (κ2) is 3.82. The summed E-state index contributed by atoms with van der Waals surface area (Å²) in [7, 11) is 0. The molecular weight excluding hydrogens is 178 g/mol. The minimum Gasteiger partial charge on any atom is -0.346 e. The molecular formula is C7H6ClN3O. The number of halogens is 1. The van der Waals surface area contributed by atoms with Crippen LogP contribution in [0.5, 0.6) is 0 Å². The van der Waals surface area contributed by atoms with E-state index in [1.54, 1.807) is 12.3 Å². The van der Waals surface area contributed by atoms with Gasteiger partial charge in [-0.25, -0.2) is 4.99 Å². The summed E-state index contributed by atoms with van der Waals surface area (Å²) in [6, 6.07) is 0. The maximum atomic E-state index is 10.7. The summed E-state index contributed by atoms with van der Waals surface area (Å²) in [4.78, 5) is 14.5. The van der Waals surface area contributed by atoms with Crippen LogP contribution >= 0.6 is 11.6 Å². The standard InChI is InChI=1S/C7H6ClN3O/c8-6(12)5(4-9)7-10-2-1-3-11-7/h1-4,9-10H/b7-5-,9-4?. The molecule has 0 amide bonds. The third-order valence-corrected chi connectivity index (χ3v) is 1.42. The van der Waals surface area contributed by atoms with E-state index in [1.807, 2.05) is 0 Å². The molecule has 0 saturated heterocycles. The van der Waals surface area contributed by atoms with Crippen molar-refractivity contribution in [2.24, 2.45) is 4.99 Å². The highest BCUT2D eigenvalue weighted by Gasteiger charge is 2.09. The molecule has 1 aliphatic heterocycles. The van der Waals surface area contributed by atoms with Gasteiger partial charge in [-0.1, -0.05) is 0 Å². The Morgan fingerprint density at radius 2 is 2.50 bits per heavy atom. The molecule has 1 aliphatic rings. The number of hydrogen-bond acceptors (Lipinski definition) is 4. The van der Waals surface area contributed by atoms with Crippen molar-refractivity contribution >= 4 is 29.3 Å². The zero-order valence-corrected chi connectivity index (χ0v) is 6.80. The highest BCUT2D eigenvalue weighted by Crippen LogP contribution is 2.06. The first kappa shape index (κ1) is 8.67. The third-order valence-electron chi connectivity index (χ3n) is 1.22. The summed E-state index contributed by atoms with van der Waals surface area (Å²) in [5.41, 5.74) is 0.0530. The molecule has 12 heavy (non-hydrogen) atoms. The Morgan fingerprint density at radius 1 is 1.75 bits per heavy atom. The van der Waals surface area contributed by atoms with Crippen LogP contribution in [-0.4, -0.2) is 17.7 Å². The zero-order valence-electron chi connectivity index (χ0n) is 6.04. The lowest BCUT2D eigenvalue weighted by Gasteiger charge is -2.05. The van der Waals surface area contributed by atoms with Gasteiger partial charge in [0.15, 0.2) is 0 Å². The largest absolute Gasteiger partial charge is 0.346 e. The van der Waals surface area contributed by atoms with Crippen LogP contribution in [0, 0.1) is 5.41 Å². The van der Waals surface area contributed by atoms with Gasteiger partial charge in [0.2, 0.25) is 0 Å². The number of rotatable bonds is 2. The summed E-state index contributed by atoms with van der Waals surface area (Å²) in [5, 5.41) is 8.90. The number of allylic oxidation sites excluding steroid dienone is 2. The molecule has 0 spiro atoms. The van der Waals surface area contributed by atoms with Gasteiger partial charge in [0.1, 0.15) is 5.82 Å². The van der Waals surface area contributed by atoms with Crippen molar-refractivity contribution in [3.05, 3.63) is 23.7 Å². The monoisotopic (exact) mass is 183 g/mol. The van der Waals surface area contributed by atoms with Crippen molar-refractivity contribution in [1.82, 2.24) is 5.32 Å². The van der Waals surface area contributed by atoms with Crippen LogP contribution in [-0.2, 0) is 4.79 Å². The van der Waals surface area contributed by atoms with Crippen LogP contribution in [0.25, 0.3) is 0 Å². The maximum absolute atomic E-state index is 10.7. The lowest BCUT2D eigenvalue weighted by molar-refractivity contribution is -0.108. The number of aliphatic imine (C=N–C) groups is 1. The Balaban J connectivity index is 3.01. The fraction of sp³-hybridized carbons (Fsp3) is 0. The number of nitrogens with zero attached hydrogens (tertiary/aromatic N) is 1. The van der Waals surface area contributed by atoms with Gasteiger partial charge in [0.05, 0.1) is 5.57 Å². The molecule has 0 bridgehead atoms.